The summed E-state index contributed by atoms with van der Waals surface area (Å²) in [5, 5.41) is 0.489. The summed E-state index contributed by atoms with van der Waals surface area (Å²) >= 11 is 4.75. The number of amides is 1. The van der Waals surface area contributed by atoms with Crippen LogP contribution in [0.5, 0.6) is 0 Å². The van der Waals surface area contributed by atoms with Crippen molar-refractivity contribution >= 4 is 35.1 Å². The largest absolute Gasteiger partial charge is 0.591 e. The molecule has 0 bridgehead atoms. The van der Waals surface area contributed by atoms with Crippen LogP contribution in [-0.4, -0.2) is 32.9 Å². The summed E-state index contributed by atoms with van der Waals surface area (Å²) in [5.74, 6) is -0.0124. The Morgan fingerprint density at radius 2 is 2.14 bits per heavy atom. The van der Waals surface area contributed by atoms with Crippen LogP contribution in [0.4, 0.5) is 0 Å². The van der Waals surface area contributed by atoms with E-state index in [2.05, 4.69) is 4.40 Å². The number of nitrogens with zero attached hydrogens (tertiary/aromatic N) is 2. The van der Waals surface area contributed by atoms with Gasteiger partial charge >= 0.3 is 0 Å². The molecule has 0 fully saturated rings. The maximum atomic E-state index is 12.2. The second kappa shape index (κ2) is 5.99. The summed E-state index contributed by atoms with van der Waals surface area (Å²) in [6, 6.07) is 3.45. The van der Waals surface area contributed by atoms with Crippen molar-refractivity contribution < 1.29 is 9.35 Å². The van der Waals surface area contributed by atoms with Crippen molar-refractivity contribution in [2.24, 2.45) is 4.40 Å². The van der Waals surface area contributed by atoms with Crippen molar-refractivity contribution in [2.45, 2.75) is 39.0 Å². The first-order valence-corrected chi connectivity index (χ1v) is 8.30. The van der Waals surface area contributed by atoms with Gasteiger partial charge in [0, 0.05) is 29.2 Å². The fourth-order valence-corrected chi connectivity index (χ4v) is 2.84. The van der Waals surface area contributed by atoms with Gasteiger partial charge in [-0.25, -0.2) is 0 Å². The lowest BCUT2D eigenvalue weighted by atomic mass is 10.0. The number of rotatable bonds is 3. The topological polar surface area (TPSA) is 55.7 Å². The van der Waals surface area contributed by atoms with E-state index in [1.807, 2.05) is 27.7 Å². The molecule has 1 aliphatic rings. The zero-order valence-corrected chi connectivity index (χ0v) is 14.2. The van der Waals surface area contributed by atoms with E-state index in [-0.39, 0.29) is 5.91 Å². The van der Waals surface area contributed by atoms with Crippen LogP contribution in [0.2, 0.25) is 5.02 Å². The van der Waals surface area contributed by atoms with Gasteiger partial charge in [-0.15, -0.1) is 0 Å². The number of hydrogen-bond acceptors (Lipinski definition) is 3. The molecule has 21 heavy (non-hydrogen) atoms. The summed E-state index contributed by atoms with van der Waals surface area (Å²) in [6.07, 6.45) is 1.57. The highest BCUT2D eigenvalue weighted by Crippen LogP contribution is 2.29. The fraction of sp³-hybridized carbons (Fsp3) is 0.467. The zero-order valence-electron chi connectivity index (χ0n) is 12.6. The molecule has 1 heterocycles. The SMILES string of the molecule is CCN1Cc2c(C=N[S@@+]([O-])C(C)(C)C)cc(Cl)cc2C1=O. The van der Waals surface area contributed by atoms with Gasteiger partial charge in [-0.1, -0.05) is 16.0 Å². The summed E-state index contributed by atoms with van der Waals surface area (Å²) in [7, 11) is 0. The molecule has 6 heteroatoms. The smallest absolute Gasteiger partial charge is 0.254 e. The minimum atomic E-state index is -1.33. The lowest BCUT2D eigenvalue weighted by molar-refractivity contribution is 0.0787. The summed E-state index contributed by atoms with van der Waals surface area (Å²) in [5.41, 5.74) is 2.28. The van der Waals surface area contributed by atoms with Crippen molar-refractivity contribution in [1.82, 2.24) is 4.90 Å². The standard InChI is InChI=1S/C15H19ClN2O2S/c1-5-18-9-13-10(8-17-21(20)15(2,3)4)6-11(16)7-12(13)14(18)19/h6-8H,5,9H2,1-4H3/t21-/m0/s1. The van der Waals surface area contributed by atoms with Gasteiger partial charge < -0.3 is 9.45 Å². The first-order chi connectivity index (χ1) is 9.74. The molecule has 1 atom stereocenters. The molecule has 0 aromatic heterocycles. The summed E-state index contributed by atoms with van der Waals surface area (Å²) < 4.78 is 15.7. The van der Waals surface area contributed by atoms with Gasteiger partial charge in [-0.3, -0.25) is 4.79 Å². The quantitative estimate of drug-likeness (QED) is 0.632. The number of carbonyl (C=O) groups excluding carboxylic acids is 1. The third-order valence-corrected chi connectivity index (χ3v) is 4.87. The van der Waals surface area contributed by atoms with Gasteiger partial charge in [0.15, 0.2) is 0 Å². The number of hydrogen-bond donors (Lipinski definition) is 0. The molecule has 1 aliphatic heterocycles. The van der Waals surface area contributed by atoms with E-state index < -0.39 is 16.1 Å². The van der Waals surface area contributed by atoms with E-state index in [0.717, 1.165) is 11.1 Å². The fourth-order valence-electron chi connectivity index (χ4n) is 2.09. The molecule has 0 aliphatic carbocycles. The first kappa shape index (κ1) is 16.3. The highest BCUT2D eigenvalue weighted by atomic mass is 35.5. The molecule has 114 valence electrons. The van der Waals surface area contributed by atoms with Crippen molar-refractivity contribution in [3.63, 3.8) is 0 Å². The van der Waals surface area contributed by atoms with Crippen LogP contribution >= 0.6 is 11.6 Å². The maximum absolute atomic E-state index is 12.2. The first-order valence-electron chi connectivity index (χ1n) is 6.81. The monoisotopic (exact) mass is 326 g/mol. The van der Waals surface area contributed by atoms with Crippen LogP contribution in [0.25, 0.3) is 0 Å². The Bertz CT molecular complexity index is 596. The third-order valence-electron chi connectivity index (χ3n) is 3.31. The van der Waals surface area contributed by atoms with Gasteiger partial charge in [0.1, 0.15) is 16.1 Å². The molecular weight excluding hydrogens is 308 g/mol. The van der Waals surface area contributed by atoms with Gasteiger partial charge in [-0.05, 0) is 45.4 Å². The Labute approximate surface area is 133 Å². The lowest BCUT2D eigenvalue weighted by Crippen LogP contribution is -2.25. The molecule has 0 unspecified atom stereocenters. The van der Waals surface area contributed by atoms with Gasteiger partial charge in [0.05, 0.1) is 6.21 Å². The molecule has 0 N–H and O–H groups in total. The average Bonchev–Trinajstić information content (AvgIpc) is 2.71. The minimum absolute atomic E-state index is 0.0124. The lowest BCUT2D eigenvalue weighted by Gasteiger charge is -2.17. The summed E-state index contributed by atoms with van der Waals surface area (Å²) in [4.78, 5) is 13.9. The normalized spacial score (nSPS) is 16.7. The van der Waals surface area contributed by atoms with Crippen LogP contribution < -0.4 is 0 Å². The Balaban J connectivity index is 2.37. The van der Waals surface area contributed by atoms with Crippen molar-refractivity contribution in [2.75, 3.05) is 6.54 Å². The Morgan fingerprint density at radius 3 is 2.71 bits per heavy atom. The number of fused-ring (bicyclic) bond motifs is 1. The molecule has 0 saturated carbocycles. The highest BCUT2D eigenvalue weighted by Gasteiger charge is 2.29. The molecule has 4 nitrogen and oxygen atoms in total. The molecular formula is C15H19ClN2O2S. The predicted octanol–water partition coefficient (Wildman–Crippen LogP) is 3.20. The van der Waals surface area contributed by atoms with Crippen molar-refractivity contribution in [3.05, 3.63) is 33.8 Å². The van der Waals surface area contributed by atoms with Crippen LogP contribution in [0, 0.1) is 0 Å². The van der Waals surface area contributed by atoms with Gasteiger partial charge in [0.25, 0.3) is 5.91 Å². The second-order valence-electron chi connectivity index (χ2n) is 5.94. The van der Waals surface area contributed by atoms with Crippen LogP contribution in [0.3, 0.4) is 0 Å². The Hall–Kier alpha value is -1.04. The van der Waals surface area contributed by atoms with E-state index >= 15 is 0 Å². The predicted molar refractivity (Wildman–Crippen MR) is 87.4 cm³/mol. The molecule has 1 aromatic rings. The van der Waals surface area contributed by atoms with E-state index in [1.165, 1.54) is 0 Å². The average molecular weight is 327 g/mol. The van der Waals surface area contributed by atoms with Crippen LogP contribution in [-0.2, 0) is 17.9 Å². The van der Waals surface area contributed by atoms with Crippen molar-refractivity contribution in [3.8, 4) is 0 Å². The van der Waals surface area contributed by atoms with Crippen LogP contribution in [0.1, 0.15) is 49.2 Å². The molecule has 2 rings (SSSR count). The second-order valence-corrected chi connectivity index (χ2v) is 8.31. The molecule has 0 spiro atoms. The van der Waals surface area contributed by atoms with E-state index in [1.54, 1.807) is 23.2 Å². The van der Waals surface area contributed by atoms with Crippen LogP contribution in [0.15, 0.2) is 16.5 Å². The van der Waals surface area contributed by atoms with E-state index in [0.29, 0.717) is 23.7 Å². The molecule has 1 amide bonds. The third kappa shape index (κ3) is 3.42. The number of benzene rings is 1. The zero-order chi connectivity index (χ0) is 15.8. The highest BCUT2D eigenvalue weighted by molar-refractivity contribution is 7.91. The molecule has 0 radical (unpaired) electrons. The number of halogens is 1. The van der Waals surface area contributed by atoms with E-state index in [9.17, 15) is 9.35 Å². The van der Waals surface area contributed by atoms with Gasteiger partial charge in [0.2, 0.25) is 0 Å². The maximum Gasteiger partial charge on any atom is 0.254 e. The van der Waals surface area contributed by atoms with E-state index in [4.69, 9.17) is 11.6 Å². The van der Waals surface area contributed by atoms with Gasteiger partial charge in [-0.2, -0.15) is 0 Å². The minimum Gasteiger partial charge on any atom is -0.591 e. The molecule has 1 aromatic carbocycles. The Morgan fingerprint density at radius 1 is 1.48 bits per heavy atom. The summed E-state index contributed by atoms with van der Waals surface area (Å²) in [6.45, 7) is 8.73. The molecule has 0 saturated heterocycles. The van der Waals surface area contributed by atoms with Crippen molar-refractivity contribution in [1.29, 1.82) is 0 Å². The Kier molecular flexibility index (Phi) is 4.66. The number of carbonyl (C=O) groups is 1.